The van der Waals surface area contributed by atoms with E-state index in [0.717, 1.165) is 78.4 Å². The first-order valence-corrected chi connectivity index (χ1v) is 15.3. The molecule has 0 spiro atoms. The number of fused-ring (bicyclic) bond motifs is 1. The van der Waals surface area contributed by atoms with Gasteiger partial charge in [-0.2, -0.15) is 0 Å². The molecule has 1 aliphatic rings. The molecule has 0 amide bonds. The van der Waals surface area contributed by atoms with Gasteiger partial charge in [-0.25, -0.2) is 9.97 Å². The Balaban J connectivity index is 1.46. The molecule has 0 N–H and O–H groups in total. The Morgan fingerprint density at radius 2 is 1.60 bits per heavy atom. The van der Waals surface area contributed by atoms with Crippen molar-refractivity contribution in [3.05, 3.63) is 108 Å². The maximum absolute atomic E-state index is 13.3. The van der Waals surface area contributed by atoms with Crippen LogP contribution in [0.4, 0.5) is 0 Å². The SMILES string of the molecule is CC(=O)C(OC(C)(C)C)c1c(C)cc2cc(-c3ccc(-c4cncnc4)cc3)ccc2c1-c1ccc2c3c(ccnc13)CCO2. The molecular formula is C39H35N3O3. The first kappa shape index (κ1) is 28.8. The van der Waals surface area contributed by atoms with Gasteiger partial charge in [-0.3, -0.25) is 9.78 Å². The molecule has 0 radical (unpaired) electrons. The number of ether oxygens (including phenoxy) is 2. The first-order chi connectivity index (χ1) is 21.7. The molecule has 6 nitrogen and oxygen atoms in total. The van der Waals surface area contributed by atoms with Crippen LogP contribution in [0.3, 0.4) is 0 Å². The summed E-state index contributed by atoms with van der Waals surface area (Å²) in [6.07, 6.45) is 7.16. The van der Waals surface area contributed by atoms with Gasteiger partial charge >= 0.3 is 0 Å². The zero-order valence-electron chi connectivity index (χ0n) is 26.2. The standard InChI is InChI=1S/C39H35N3O3/c1-23-18-29-19-28(25-6-8-26(9-7-25)30-20-40-22-41-21-30)10-11-31(29)36(34(23)38(24(2)43)45-39(3,4)5)32-12-13-33-35-27(15-17-44-33)14-16-42-37(32)35/h6-14,16,18-22,38H,15,17H2,1-5H3. The highest BCUT2D eigenvalue weighted by Gasteiger charge is 2.31. The van der Waals surface area contributed by atoms with Crippen LogP contribution in [-0.4, -0.2) is 32.9 Å². The number of pyridine rings is 1. The summed E-state index contributed by atoms with van der Waals surface area (Å²) in [7, 11) is 0. The first-order valence-electron chi connectivity index (χ1n) is 15.3. The molecular weight excluding hydrogens is 558 g/mol. The van der Waals surface area contributed by atoms with Crippen molar-refractivity contribution < 1.29 is 14.3 Å². The van der Waals surface area contributed by atoms with E-state index in [1.807, 2.05) is 45.4 Å². The van der Waals surface area contributed by atoms with Crippen LogP contribution < -0.4 is 4.74 Å². The molecule has 2 aromatic heterocycles. The van der Waals surface area contributed by atoms with Crippen LogP contribution in [0.25, 0.3) is 55.1 Å². The summed E-state index contributed by atoms with van der Waals surface area (Å²) in [5, 5.41) is 3.16. The number of hydrogen-bond donors (Lipinski definition) is 0. The summed E-state index contributed by atoms with van der Waals surface area (Å²) in [4.78, 5) is 26.5. The summed E-state index contributed by atoms with van der Waals surface area (Å²) < 4.78 is 12.6. The number of ketones is 1. The second-order valence-corrected chi connectivity index (χ2v) is 12.7. The monoisotopic (exact) mass is 593 g/mol. The normalized spacial score (nSPS) is 13.5. The predicted molar refractivity (Wildman–Crippen MR) is 179 cm³/mol. The van der Waals surface area contributed by atoms with Crippen molar-refractivity contribution in [2.24, 2.45) is 0 Å². The van der Waals surface area contributed by atoms with E-state index < -0.39 is 11.7 Å². The van der Waals surface area contributed by atoms with Gasteiger partial charge in [-0.15, -0.1) is 0 Å². The van der Waals surface area contributed by atoms with E-state index in [9.17, 15) is 4.79 Å². The van der Waals surface area contributed by atoms with Crippen LogP contribution in [-0.2, 0) is 16.0 Å². The summed E-state index contributed by atoms with van der Waals surface area (Å²) >= 11 is 0. The van der Waals surface area contributed by atoms with Gasteiger partial charge in [0.05, 0.1) is 17.7 Å². The largest absolute Gasteiger partial charge is 0.493 e. The molecule has 0 bridgehead atoms. The lowest BCUT2D eigenvalue weighted by molar-refractivity contribution is -0.138. The molecule has 0 saturated carbocycles. The smallest absolute Gasteiger partial charge is 0.163 e. The van der Waals surface area contributed by atoms with Crippen molar-refractivity contribution in [2.75, 3.05) is 6.61 Å². The van der Waals surface area contributed by atoms with Crippen LogP contribution in [0, 0.1) is 6.92 Å². The van der Waals surface area contributed by atoms with Crippen LogP contribution in [0.2, 0.25) is 0 Å². The number of nitrogens with zero attached hydrogens (tertiary/aromatic N) is 3. The molecule has 45 heavy (non-hydrogen) atoms. The fraction of sp³-hybridized carbons (Fsp3) is 0.231. The fourth-order valence-corrected chi connectivity index (χ4v) is 6.48. The zero-order valence-corrected chi connectivity index (χ0v) is 26.2. The summed E-state index contributed by atoms with van der Waals surface area (Å²) in [6.45, 7) is 10.3. The zero-order chi connectivity index (χ0) is 31.3. The summed E-state index contributed by atoms with van der Waals surface area (Å²) in [5.41, 5.74) is 9.66. The predicted octanol–water partition coefficient (Wildman–Crippen LogP) is 8.87. The minimum atomic E-state index is -0.736. The molecule has 1 atom stereocenters. The third-order valence-electron chi connectivity index (χ3n) is 8.44. The van der Waals surface area contributed by atoms with E-state index in [0.29, 0.717) is 6.61 Å². The maximum atomic E-state index is 13.3. The molecule has 3 heterocycles. The van der Waals surface area contributed by atoms with Crippen molar-refractivity contribution in [3.8, 4) is 39.1 Å². The van der Waals surface area contributed by atoms with Crippen molar-refractivity contribution in [1.82, 2.24) is 15.0 Å². The number of Topliss-reactive ketones (excluding diaryl/α,β-unsaturated/α-hetero) is 1. The molecule has 1 unspecified atom stereocenters. The second-order valence-electron chi connectivity index (χ2n) is 12.7. The Kier molecular flexibility index (Phi) is 7.17. The number of benzene rings is 4. The molecule has 0 aliphatic carbocycles. The molecule has 6 heteroatoms. The topological polar surface area (TPSA) is 74.2 Å². The highest BCUT2D eigenvalue weighted by molar-refractivity contribution is 6.09. The van der Waals surface area contributed by atoms with Crippen LogP contribution in [0.1, 0.15) is 50.5 Å². The van der Waals surface area contributed by atoms with Gasteiger partial charge in [0.1, 0.15) is 18.2 Å². The third kappa shape index (κ3) is 5.36. The highest BCUT2D eigenvalue weighted by Crippen LogP contribution is 2.45. The van der Waals surface area contributed by atoms with Gasteiger partial charge in [0.15, 0.2) is 5.78 Å². The van der Waals surface area contributed by atoms with Crippen molar-refractivity contribution >= 4 is 27.5 Å². The highest BCUT2D eigenvalue weighted by atomic mass is 16.5. The van der Waals surface area contributed by atoms with E-state index in [-0.39, 0.29) is 5.78 Å². The number of hydrogen-bond acceptors (Lipinski definition) is 6. The molecule has 4 aromatic carbocycles. The molecule has 224 valence electrons. The number of rotatable bonds is 6. The van der Waals surface area contributed by atoms with Crippen molar-refractivity contribution in [2.45, 2.75) is 52.7 Å². The van der Waals surface area contributed by atoms with E-state index in [1.165, 1.54) is 11.9 Å². The summed E-state index contributed by atoms with van der Waals surface area (Å²) in [6, 6.07) is 23.4. The van der Waals surface area contributed by atoms with Crippen molar-refractivity contribution in [1.29, 1.82) is 0 Å². The minimum absolute atomic E-state index is 0.0341. The van der Waals surface area contributed by atoms with Gasteiger partial charge < -0.3 is 9.47 Å². The van der Waals surface area contributed by atoms with Gasteiger partial charge in [-0.05, 0) is 109 Å². The molecule has 0 fully saturated rings. The number of aromatic nitrogens is 3. The lowest BCUT2D eigenvalue weighted by Crippen LogP contribution is -2.27. The molecule has 1 aliphatic heterocycles. The number of carbonyl (C=O) groups is 1. The Labute approximate surface area is 263 Å². The number of carbonyl (C=O) groups excluding carboxylic acids is 1. The third-order valence-corrected chi connectivity index (χ3v) is 8.44. The van der Waals surface area contributed by atoms with Gasteiger partial charge in [-0.1, -0.05) is 42.5 Å². The lowest BCUT2D eigenvalue weighted by Gasteiger charge is -2.30. The van der Waals surface area contributed by atoms with Crippen LogP contribution in [0.15, 0.2) is 91.6 Å². The van der Waals surface area contributed by atoms with Gasteiger partial charge in [0.2, 0.25) is 0 Å². The Morgan fingerprint density at radius 1 is 0.889 bits per heavy atom. The molecule has 7 rings (SSSR count). The minimum Gasteiger partial charge on any atom is -0.493 e. The fourth-order valence-electron chi connectivity index (χ4n) is 6.48. The quantitative estimate of drug-likeness (QED) is 0.192. The summed E-state index contributed by atoms with van der Waals surface area (Å²) in [5.74, 6) is 0.816. The maximum Gasteiger partial charge on any atom is 0.163 e. The lowest BCUT2D eigenvalue weighted by atomic mass is 9.84. The van der Waals surface area contributed by atoms with E-state index in [4.69, 9.17) is 14.5 Å². The Hall–Kier alpha value is -4.94. The Bertz CT molecular complexity index is 2070. The van der Waals surface area contributed by atoms with E-state index in [1.54, 1.807) is 6.92 Å². The van der Waals surface area contributed by atoms with Crippen LogP contribution in [0.5, 0.6) is 5.75 Å². The molecule has 0 saturated heterocycles. The average Bonchev–Trinajstić information content (AvgIpc) is 3.03. The van der Waals surface area contributed by atoms with E-state index >= 15 is 0 Å². The number of aryl methyl sites for hydroxylation is 1. The van der Waals surface area contributed by atoms with Crippen molar-refractivity contribution in [3.63, 3.8) is 0 Å². The average molecular weight is 594 g/mol. The van der Waals surface area contributed by atoms with Gasteiger partial charge in [0, 0.05) is 41.5 Å². The second kappa shape index (κ2) is 11.2. The van der Waals surface area contributed by atoms with E-state index in [2.05, 4.69) is 77.6 Å². The van der Waals surface area contributed by atoms with Crippen LogP contribution >= 0.6 is 0 Å². The Morgan fingerprint density at radius 3 is 2.31 bits per heavy atom. The van der Waals surface area contributed by atoms with Gasteiger partial charge in [0.25, 0.3) is 0 Å². The molecule has 6 aromatic rings.